The van der Waals surface area contributed by atoms with Crippen molar-refractivity contribution in [2.45, 2.75) is 69.9 Å². The Hall–Kier alpha value is -3.35. The average molecular weight is 476 g/mol. The molecule has 1 aromatic heterocycles. The molecule has 2 heterocycles. The zero-order valence-corrected chi connectivity index (χ0v) is 20.5. The van der Waals surface area contributed by atoms with Crippen molar-refractivity contribution in [2.75, 3.05) is 13.7 Å². The molecule has 0 unspecified atom stereocenters. The van der Waals surface area contributed by atoms with E-state index in [1.54, 1.807) is 11.8 Å². The first-order valence-electron chi connectivity index (χ1n) is 12.5. The maximum Gasteiger partial charge on any atom is 0.409 e. The van der Waals surface area contributed by atoms with Crippen LogP contribution in [0.5, 0.6) is 0 Å². The van der Waals surface area contributed by atoms with E-state index in [1.807, 2.05) is 30.3 Å². The fraction of sp³-hybridized carbons (Fsp3) is 0.464. The minimum atomic E-state index is -1.10. The summed E-state index contributed by atoms with van der Waals surface area (Å²) in [6.45, 7) is 3.18. The second kappa shape index (κ2) is 9.36. The van der Waals surface area contributed by atoms with Gasteiger partial charge in [0.2, 0.25) is 0 Å². The molecule has 1 N–H and O–H groups in total. The summed E-state index contributed by atoms with van der Waals surface area (Å²) >= 11 is 0. The van der Waals surface area contributed by atoms with Gasteiger partial charge < -0.3 is 19.3 Å². The molecule has 1 aliphatic carbocycles. The fourth-order valence-corrected chi connectivity index (χ4v) is 5.77. The molecule has 3 aromatic rings. The highest BCUT2D eigenvalue weighted by Crippen LogP contribution is 2.38. The summed E-state index contributed by atoms with van der Waals surface area (Å²) < 4.78 is 7.13. The van der Waals surface area contributed by atoms with Gasteiger partial charge in [-0.3, -0.25) is 4.79 Å². The number of ether oxygens (including phenoxy) is 1. The van der Waals surface area contributed by atoms with E-state index in [-0.39, 0.29) is 6.09 Å². The molecule has 7 nitrogen and oxygen atoms in total. The predicted molar refractivity (Wildman–Crippen MR) is 134 cm³/mol. The Bertz CT molecular complexity index is 1250. The topological polar surface area (TPSA) is 84.7 Å². The third kappa shape index (κ3) is 4.17. The average Bonchev–Trinajstić information content (AvgIpc) is 3.27. The summed E-state index contributed by atoms with van der Waals surface area (Å²) in [5.41, 5.74) is 3.75. The third-order valence-corrected chi connectivity index (χ3v) is 7.91. The molecular weight excluding hydrogens is 442 g/mol. The number of hydrogen-bond donors (Lipinski definition) is 1. The van der Waals surface area contributed by atoms with Crippen molar-refractivity contribution in [3.8, 4) is 0 Å². The van der Waals surface area contributed by atoms with Gasteiger partial charge in [0.15, 0.2) is 0 Å². The molecule has 5 rings (SSSR count). The summed E-state index contributed by atoms with van der Waals surface area (Å²) in [4.78, 5) is 31.8. The Morgan fingerprint density at radius 1 is 1.11 bits per heavy atom. The number of fused-ring (bicyclic) bond motifs is 3. The molecule has 184 valence electrons. The summed E-state index contributed by atoms with van der Waals surface area (Å²) in [6.07, 6.45) is 6.11. The highest BCUT2D eigenvalue weighted by atomic mass is 16.5. The van der Waals surface area contributed by atoms with E-state index in [1.165, 1.54) is 19.1 Å². The van der Waals surface area contributed by atoms with Gasteiger partial charge in [0.25, 0.3) is 0 Å². The molecule has 1 aliphatic heterocycles. The fourth-order valence-electron chi connectivity index (χ4n) is 5.77. The Labute approximate surface area is 205 Å². The molecule has 2 aliphatic rings. The van der Waals surface area contributed by atoms with Crippen LogP contribution in [0.2, 0.25) is 0 Å². The molecule has 0 spiro atoms. The number of carboxylic acid groups (broad SMARTS) is 1. The molecule has 1 amide bonds. The van der Waals surface area contributed by atoms with Gasteiger partial charge >= 0.3 is 12.1 Å². The number of imidazole rings is 1. The maximum atomic E-state index is 12.7. The van der Waals surface area contributed by atoms with E-state index >= 15 is 0 Å². The highest BCUT2D eigenvalue weighted by Gasteiger charge is 2.38. The first kappa shape index (κ1) is 23.4. The molecule has 35 heavy (non-hydrogen) atoms. The number of aromatic nitrogens is 2. The van der Waals surface area contributed by atoms with Crippen LogP contribution in [0.4, 0.5) is 4.79 Å². The van der Waals surface area contributed by atoms with Gasteiger partial charge in [0.1, 0.15) is 11.2 Å². The molecule has 1 saturated carbocycles. The van der Waals surface area contributed by atoms with Gasteiger partial charge in [0, 0.05) is 24.6 Å². The van der Waals surface area contributed by atoms with Crippen molar-refractivity contribution < 1.29 is 19.4 Å². The predicted octanol–water partition coefficient (Wildman–Crippen LogP) is 5.25. The second-order valence-corrected chi connectivity index (χ2v) is 10.1. The van der Waals surface area contributed by atoms with Crippen LogP contribution < -0.4 is 0 Å². The Balaban J connectivity index is 1.66. The van der Waals surface area contributed by atoms with Crippen LogP contribution in [0.1, 0.15) is 67.5 Å². The van der Waals surface area contributed by atoms with Crippen LogP contribution in [0.15, 0.2) is 42.5 Å². The Kier molecular flexibility index (Phi) is 6.26. The van der Waals surface area contributed by atoms with Crippen LogP contribution in [-0.2, 0) is 34.5 Å². The molecular formula is C28H33N3O4. The molecule has 0 saturated heterocycles. The number of nitrogens with zero attached hydrogens (tertiary/aromatic N) is 3. The number of rotatable bonds is 5. The number of benzene rings is 2. The number of amides is 1. The molecule has 2 aromatic carbocycles. The van der Waals surface area contributed by atoms with E-state index in [0.29, 0.717) is 25.6 Å². The van der Waals surface area contributed by atoms with E-state index in [4.69, 9.17) is 9.72 Å². The lowest BCUT2D eigenvalue weighted by Gasteiger charge is -2.29. The van der Waals surface area contributed by atoms with Gasteiger partial charge in [-0.15, -0.1) is 0 Å². The van der Waals surface area contributed by atoms with Crippen LogP contribution in [0.25, 0.3) is 11.0 Å². The van der Waals surface area contributed by atoms with Crippen molar-refractivity contribution in [1.29, 1.82) is 0 Å². The molecule has 7 heteroatoms. The minimum Gasteiger partial charge on any atom is -0.481 e. The molecule has 1 atom stereocenters. The Morgan fingerprint density at radius 2 is 1.86 bits per heavy atom. The standard InChI is InChI=1S/C28H33N3O4/c1-28(26(32)33,21-11-7-4-8-12-21)18-31-23-14-13-19-15-16-30(27(34)35-2)17-22(19)24(23)29-25(31)20-9-5-3-6-10-20/h4,7-8,11-14,20H,3,5-6,9-10,15-18H2,1-2H3,(H,32,33)/t28-/m1/s1. The monoisotopic (exact) mass is 475 g/mol. The van der Waals surface area contributed by atoms with E-state index in [2.05, 4.69) is 16.7 Å². The lowest BCUT2D eigenvalue weighted by atomic mass is 9.82. The summed E-state index contributed by atoms with van der Waals surface area (Å²) in [5.74, 6) is 0.433. The molecule has 1 fully saturated rings. The van der Waals surface area contributed by atoms with Crippen molar-refractivity contribution in [2.24, 2.45) is 0 Å². The van der Waals surface area contributed by atoms with Crippen LogP contribution in [0, 0.1) is 0 Å². The minimum absolute atomic E-state index is 0.300. The van der Waals surface area contributed by atoms with Gasteiger partial charge in [-0.1, -0.05) is 55.7 Å². The number of carbonyl (C=O) groups excluding carboxylic acids is 1. The first-order valence-corrected chi connectivity index (χ1v) is 12.5. The smallest absolute Gasteiger partial charge is 0.409 e. The largest absolute Gasteiger partial charge is 0.481 e. The zero-order valence-electron chi connectivity index (χ0n) is 20.5. The van der Waals surface area contributed by atoms with Gasteiger partial charge in [-0.25, -0.2) is 9.78 Å². The number of carbonyl (C=O) groups is 2. The lowest BCUT2D eigenvalue weighted by Crippen LogP contribution is -2.37. The summed E-state index contributed by atoms with van der Waals surface area (Å²) in [6, 6.07) is 13.7. The van der Waals surface area contributed by atoms with E-state index in [9.17, 15) is 14.7 Å². The first-order chi connectivity index (χ1) is 16.9. The summed E-state index contributed by atoms with van der Waals surface area (Å²) in [5, 5.41) is 10.4. The van der Waals surface area contributed by atoms with Gasteiger partial charge in [-0.2, -0.15) is 0 Å². The van der Waals surface area contributed by atoms with Crippen molar-refractivity contribution in [3.05, 3.63) is 65.0 Å². The van der Waals surface area contributed by atoms with E-state index in [0.717, 1.165) is 60.1 Å². The number of aliphatic carboxylic acids is 1. The SMILES string of the molecule is COC(=O)N1CCc2ccc3c(nc(C4CCCCC4)n3C[C@@](C)(C(=O)O)c3ccccc3)c2C1. The molecule has 0 radical (unpaired) electrons. The lowest BCUT2D eigenvalue weighted by molar-refractivity contribution is -0.143. The maximum absolute atomic E-state index is 12.7. The third-order valence-electron chi connectivity index (χ3n) is 7.91. The van der Waals surface area contributed by atoms with E-state index < -0.39 is 11.4 Å². The number of carboxylic acids is 1. The van der Waals surface area contributed by atoms with Crippen LogP contribution >= 0.6 is 0 Å². The Morgan fingerprint density at radius 3 is 2.54 bits per heavy atom. The highest BCUT2D eigenvalue weighted by molar-refractivity contribution is 5.84. The molecule has 0 bridgehead atoms. The second-order valence-electron chi connectivity index (χ2n) is 10.1. The van der Waals surface area contributed by atoms with Crippen LogP contribution in [0.3, 0.4) is 0 Å². The van der Waals surface area contributed by atoms with Gasteiger partial charge in [0.05, 0.1) is 24.7 Å². The number of methoxy groups -OCH3 is 1. The zero-order chi connectivity index (χ0) is 24.6. The normalized spacial score (nSPS) is 18.2. The van der Waals surface area contributed by atoms with Crippen LogP contribution in [-0.4, -0.2) is 45.3 Å². The van der Waals surface area contributed by atoms with Crippen molar-refractivity contribution in [1.82, 2.24) is 14.5 Å². The van der Waals surface area contributed by atoms with Crippen molar-refractivity contribution in [3.63, 3.8) is 0 Å². The quantitative estimate of drug-likeness (QED) is 0.545. The van der Waals surface area contributed by atoms with Gasteiger partial charge in [-0.05, 0) is 43.4 Å². The van der Waals surface area contributed by atoms with Crippen molar-refractivity contribution >= 4 is 23.1 Å². The number of hydrogen-bond acceptors (Lipinski definition) is 4. The summed E-state index contributed by atoms with van der Waals surface area (Å²) in [7, 11) is 1.41.